The number of aromatic nitrogens is 1. The van der Waals surface area contributed by atoms with Gasteiger partial charge in [0.2, 0.25) is 0 Å². The van der Waals surface area contributed by atoms with Gasteiger partial charge in [-0.15, -0.1) is 0 Å². The quantitative estimate of drug-likeness (QED) is 0.850. The highest BCUT2D eigenvalue weighted by molar-refractivity contribution is 5.51. The van der Waals surface area contributed by atoms with Crippen molar-refractivity contribution in [3.63, 3.8) is 0 Å². The van der Waals surface area contributed by atoms with E-state index in [9.17, 15) is 0 Å². The Labute approximate surface area is 105 Å². The summed E-state index contributed by atoms with van der Waals surface area (Å²) in [6, 6.07) is 2.62. The molecular weight excluding hydrogens is 210 g/mol. The molecule has 0 aliphatic carbocycles. The monoisotopic (exact) mass is 235 g/mol. The standard InChI is InChI=1S/C14H25N3/c1-7-15-9-13-11(4)8-12(5)16-14(13)17(6)10(2)3/h8,10,15H,7,9H2,1-6H3. The molecule has 17 heavy (non-hydrogen) atoms. The van der Waals surface area contributed by atoms with E-state index in [0.717, 1.165) is 24.6 Å². The molecular formula is C14H25N3. The van der Waals surface area contributed by atoms with Gasteiger partial charge in [-0.2, -0.15) is 0 Å². The molecule has 0 radical (unpaired) electrons. The zero-order valence-corrected chi connectivity index (χ0v) is 12.0. The van der Waals surface area contributed by atoms with Crippen molar-refractivity contribution in [2.75, 3.05) is 18.5 Å². The SMILES string of the molecule is CCNCc1c(C)cc(C)nc1N(C)C(C)C. The van der Waals surface area contributed by atoms with Crippen LogP contribution in [0.25, 0.3) is 0 Å². The van der Waals surface area contributed by atoms with Crippen molar-refractivity contribution in [3.05, 3.63) is 22.9 Å². The Morgan fingerprint density at radius 3 is 2.53 bits per heavy atom. The fourth-order valence-corrected chi connectivity index (χ4v) is 1.85. The topological polar surface area (TPSA) is 28.2 Å². The Hall–Kier alpha value is -1.09. The Balaban J connectivity index is 3.15. The second-order valence-electron chi connectivity index (χ2n) is 4.87. The van der Waals surface area contributed by atoms with E-state index < -0.39 is 0 Å². The summed E-state index contributed by atoms with van der Waals surface area (Å²) in [7, 11) is 2.11. The molecule has 0 saturated carbocycles. The van der Waals surface area contributed by atoms with E-state index in [-0.39, 0.29) is 0 Å². The molecule has 3 nitrogen and oxygen atoms in total. The molecule has 0 aromatic carbocycles. The summed E-state index contributed by atoms with van der Waals surface area (Å²) >= 11 is 0. The predicted molar refractivity (Wildman–Crippen MR) is 74.6 cm³/mol. The van der Waals surface area contributed by atoms with E-state index in [1.807, 2.05) is 0 Å². The van der Waals surface area contributed by atoms with Crippen LogP contribution in [0.2, 0.25) is 0 Å². The van der Waals surface area contributed by atoms with Gasteiger partial charge in [0.15, 0.2) is 0 Å². The van der Waals surface area contributed by atoms with Crippen molar-refractivity contribution in [2.24, 2.45) is 0 Å². The fourth-order valence-electron chi connectivity index (χ4n) is 1.85. The molecule has 96 valence electrons. The molecule has 1 rings (SSSR count). The number of pyridine rings is 1. The predicted octanol–water partition coefficient (Wildman–Crippen LogP) is 2.65. The van der Waals surface area contributed by atoms with Crippen molar-refractivity contribution in [1.82, 2.24) is 10.3 Å². The number of anilines is 1. The van der Waals surface area contributed by atoms with Crippen molar-refractivity contribution < 1.29 is 0 Å². The molecule has 0 spiro atoms. The molecule has 0 fully saturated rings. The van der Waals surface area contributed by atoms with Crippen LogP contribution in [0.3, 0.4) is 0 Å². The van der Waals surface area contributed by atoms with Crippen molar-refractivity contribution in [3.8, 4) is 0 Å². The van der Waals surface area contributed by atoms with Crippen LogP contribution < -0.4 is 10.2 Å². The minimum Gasteiger partial charge on any atom is -0.357 e. The maximum Gasteiger partial charge on any atom is 0.133 e. The van der Waals surface area contributed by atoms with Gasteiger partial charge in [-0.25, -0.2) is 4.98 Å². The molecule has 0 atom stereocenters. The average Bonchev–Trinajstić information content (AvgIpc) is 2.25. The smallest absolute Gasteiger partial charge is 0.133 e. The lowest BCUT2D eigenvalue weighted by Crippen LogP contribution is -2.29. The highest BCUT2D eigenvalue weighted by Crippen LogP contribution is 2.23. The summed E-state index contributed by atoms with van der Waals surface area (Å²) in [6.07, 6.45) is 0. The van der Waals surface area contributed by atoms with Crippen molar-refractivity contribution in [1.29, 1.82) is 0 Å². The molecule has 1 aromatic heterocycles. The van der Waals surface area contributed by atoms with Gasteiger partial charge in [0.05, 0.1) is 0 Å². The van der Waals surface area contributed by atoms with Crippen molar-refractivity contribution >= 4 is 5.82 Å². The number of nitrogens with one attached hydrogen (secondary N) is 1. The lowest BCUT2D eigenvalue weighted by Gasteiger charge is -2.26. The molecule has 0 saturated heterocycles. The molecule has 0 unspecified atom stereocenters. The molecule has 0 bridgehead atoms. The Bertz CT molecular complexity index is 372. The largest absolute Gasteiger partial charge is 0.357 e. The Morgan fingerprint density at radius 2 is 2.00 bits per heavy atom. The average molecular weight is 235 g/mol. The van der Waals surface area contributed by atoms with E-state index in [4.69, 9.17) is 4.98 Å². The molecule has 0 amide bonds. The Morgan fingerprint density at radius 1 is 1.35 bits per heavy atom. The zero-order valence-electron chi connectivity index (χ0n) is 12.0. The first-order chi connectivity index (χ1) is 7.97. The fraction of sp³-hybridized carbons (Fsp3) is 0.643. The number of hydrogen-bond acceptors (Lipinski definition) is 3. The summed E-state index contributed by atoms with van der Waals surface area (Å²) < 4.78 is 0. The van der Waals surface area contributed by atoms with Crippen LogP contribution in [0.4, 0.5) is 5.82 Å². The lowest BCUT2D eigenvalue weighted by atomic mass is 10.1. The highest BCUT2D eigenvalue weighted by atomic mass is 15.2. The van der Waals surface area contributed by atoms with Gasteiger partial charge in [0.1, 0.15) is 5.82 Å². The van der Waals surface area contributed by atoms with Gasteiger partial charge >= 0.3 is 0 Å². The van der Waals surface area contributed by atoms with Crippen LogP contribution in [-0.2, 0) is 6.54 Å². The van der Waals surface area contributed by atoms with Gasteiger partial charge in [0, 0.05) is 30.9 Å². The lowest BCUT2D eigenvalue weighted by molar-refractivity contribution is 0.696. The van der Waals surface area contributed by atoms with Crippen LogP contribution >= 0.6 is 0 Å². The van der Waals surface area contributed by atoms with Gasteiger partial charge in [-0.05, 0) is 45.9 Å². The van der Waals surface area contributed by atoms with E-state index in [1.54, 1.807) is 0 Å². The number of rotatable bonds is 5. The van der Waals surface area contributed by atoms with Crippen molar-refractivity contribution in [2.45, 2.75) is 47.2 Å². The van der Waals surface area contributed by atoms with Gasteiger partial charge in [0.25, 0.3) is 0 Å². The molecule has 1 aromatic rings. The van der Waals surface area contributed by atoms with Crippen LogP contribution in [0.5, 0.6) is 0 Å². The van der Waals surface area contributed by atoms with Crippen LogP contribution in [0.15, 0.2) is 6.07 Å². The van der Waals surface area contributed by atoms with Gasteiger partial charge < -0.3 is 10.2 Å². The molecule has 1 heterocycles. The third kappa shape index (κ3) is 3.43. The number of aryl methyl sites for hydroxylation is 2. The molecule has 0 aliphatic rings. The normalized spacial score (nSPS) is 11.0. The summed E-state index contributed by atoms with van der Waals surface area (Å²) in [5, 5.41) is 3.39. The van der Waals surface area contributed by atoms with E-state index >= 15 is 0 Å². The van der Waals surface area contributed by atoms with Gasteiger partial charge in [-0.1, -0.05) is 6.92 Å². The first-order valence-electron chi connectivity index (χ1n) is 6.38. The second kappa shape index (κ2) is 6.01. The first-order valence-corrected chi connectivity index (χ1v) is 6.38. The zero-order chi connectivity index (χ0) is 13.0. The van der Waals surface area contributed by atoms with Crippen LogP contribution in [0.1, 0.15) is 37.6 Å². The summed E-state index contributed by atoms with van der Waals surface area (Å²) in [6.45, 7) is 12.6. The van der Waals surface area contributed by atoms with Crippen LogP contribution in [-0.4, -0.2) is 24.6 Å². The van der Waals surface area contributed by atoms with E-state index in [2.05, 4.69) is 57.9 Å². The molecule has 3 heteroatoms. The number of nitrogens with zero attached hydrogens (tertiary/aromatic N) is 2. The van der Waals surface area contributed by atoms with E-state index in [1.165, 1.54) is 11.1 Å². The maximum absolute atomic E-state index is 4.69. The second-order valence-corrected chi connectivity index (χ2v) is 4.87. The minimum atomic E-state index is 0.462. The highest BCUT2D eigenvalue weighted by Gasteiger charge is 2.14. The minimum absolute atomic E-state index is 0.462. The summed E-state index contributed by atoms with van der Waals surface area (Å²) in [4.78, 5) is 6.94. The summed E-state index contributed by atoms with van der Waals surface area (Å²) in [5.41, 5.74) is 3.72. The third-order valence-corrected chi connectivity index (χ3v) is 3.11. The maximum atomic E-state index is 4.69. The summed E-state index contributed by atoms with van der Waals surface area (Å²) in [5.74, 6) is 1.11. The Kier molecular flexibility index (Phi) is 4.94. The first kappa shape index (κ1) is 14.0. The molecule has 1 N–H and O–H groups in total. The number of hydrogen-bond donors (Lipinski definition) is 1. The van der Waals surface area contributed by atoms with E-state index in [0.29, 0.717) is 6.04 Å². The van der Waals surface area contributed by atoms with Crippen LogP contribution in [0, 0.1) is 13.8 Å². The van der Waals surface area contributed by atoms with Gasteiger partial charge in [-0.3, -0.25) is 0 Å². The third-order valence-electron chi connectivity index (χ3n) is 3.11. The molecule has 0 aliphatic heterocycles.